The van der Waals surface area contributed by atoms with Crippen LogP contribution in [0.3, 0.4) is 0 Å². The van der Waals surface area contributed by atoms with E-state index in [4.69, 9.17) is 5.26 Å². The first kappa shape index (κ1) is 13.1. The molecule has 4 nitrogen and oxygen atoms in total. The molecule has 94 valence electrons. The summed E-state index contributed by atoms with van der Waals surface area (Å²) in [6, 6.07) is 11.9. The number of nitro benzene ring substituents is 1. The van der Waals surface area contributed by atoms with Crippen molar-refractivity contribution in [2.75, 3.05) is 0 Å². The van der Waals surface area contributed by atoms with E-state index in [-0.39, 0.29) is 11.3 Å². The van der Waals surface area contributed by atoms with Crippen LogP contribution in [0.15, 0.2) is 52.3 Å². The van der Waals surface area contributed by atoms with E-state index in [9.17, 15) is 14.5 Å². The Morgan fingerprint density at radius 1 is 1.21 bits per heavy atom. The molecule has 0 unspecified atom stereocenters. The predicted octanol–water partition coefficient (Wildman–Crippen LogP) is 3.76. The molecule has 0 spiro atoms. The number of para-hydroxylation sites is 1. The van der Waals surface area contributed by atoms with E-state index in [1.165, 1.54) is 18.2 Å². The summed E-state index contributed by atoms with van der Waals surface area (Å²) < 4.78 is 13.0. The highest BCUT2D eigenvalue weighted by molar-refractivity contribution is 7.99. The Morgan fingerprint density at radius 2 is 1.95 bits per heavy atom. The number of halogens is 1. The molecule has 0 aliphatic heterocycles. The van der Waals surface area contributed by atoms with Crippen LogP contribution in [-0.4, -0.2) is 4.92 Å². The number of nitriles is 1. The fraction of sp³-hybridized carbons (Fsp3) is 0. The molecule has 19 heavy (non-hydrogen) atoms. The van der Waals surface area contributed by atoms with Gasteiger partial charge in [-0.05, 0) is 24.3 Å². The van der Waals surface area contributed by atoms with Crippen LogP contribution in [0.4, 0.5) is 10.1 Å². The molecule has 0 N–H and O–H groups in total. The standard InChI is InChI=1S/C13H7FN2O2S/c14-10-5-6-12(9(7-10)8-15)19-13-4-2-1-3-11(13)16(17)18/h1-7H. The maximum Gasteiger partial charge on any atom is 0.283 e. The summed E-state index contributed by atoms with van der Waals surface area (Å²) in [7, 11) is 0. The van der Waals surface area contributed by atoms with Crippen LogP contribution in [0.25, 0.3) is 0 Å². The molecule has 2 aromatic rings. The zero-order valence-electron chi connectivity index (χ0n) is 9.54. The minimum Gasteiger partial charge on any atom is -0.258 e. The Bertz CT molecular complexity index is 683. The summed E-state index contributed by atoms with van der Waals surface area (Å²) in [6.45, 7) is 0. The van der Waals surface area contributed by atoms with E-state index in [1.54, 1.807) is 18.2 Å². The van der Waals surface area contributed by atoms with Gasteiger partial charge in [-0.15, -0.1) is 0 Å². The molecular formula is C13H7FN2O2S. The lowest BCUT2D eigenvalue weighted by Gasteiger charge is -2.04. The van der Waals surface area contributed by atoms with Gasteiger partial charge in [0.2, 0.25) is 0 Å². The average Bonchev–Trinajstić information content (AvgIpc) is 2.41. The quantitative estimate of drug-likeness (QED) is 0.631. The molecule has 0 aliphatic rings. The normalized spacial score (nSPS) is 9.89. The molecule has 0 fully saturated rings. The fourth-order valence-electron chi connectivity index (χ4n) is 1.49. The summed E-state index contributed by atoms with van der Waals surface area (Å²) in [5.41, 5.74) is 0.115. The van der Waals surface area contributed by atoms with E-state index < -0.39 is 10.7 Å². The predicted molar refractivity (Wildman–Crippen MR) is 68.3 cm³/mol. The fourth-order valence-corrected chi connectivity index (χ4v) is 2.47. The Labute approximate surface area is 112 Å². The van der Waals surface area contributed by atoms with Crippen LogP contribution in [-0.2, 0) is 0 Å². The lowest BCUT2D eigenvalue weighted by Crippen LogP contribution is -1.91. The highest BCUT2D eigenvalue weighted by Crippen LogP contribution is 2.36. The van der Waals surface area contributed by atoms with E-state index >= 15 is 0 Å². The van der Waals surface area contributed by atoms with E-state index in [0.29, 0.717) is 9.79 Å². The van der Waals surface area contributed by atoms with Crippen LogP contribution in [0.2, 0.25) is 0 Å². The van der Waals surface area contributed by atoms with E-state index in [1.807, 2.05) is 6.07 Å². The maximum atomic E-state index is 13.0. The minimum absolute atomic E-state index is 0.0410. The summed E-state index contributed by atoms with van der Waals surface area (Å²) in [5.74, 6) is -0.511. The zero-order chi connectivity index (χ0) is 13.8. The van der Waals surface area contributed by atoms with Gasteiger partial charge in [-0.1, -0.05) is 23.9 Å². The van der Waals surface area contributed by atoms with Gasteiger partial charge in [0, 0.05) is 11.0 Å². The highest BCUT2D eigenvalue weighted by Gasteiger charge is 2.15. The first-order valence-corrected chi connectivity index (χ1v) is 6.04. The first-order chi connectivity index (χ1) is 9.11. The molecule has 0 aromatic heterocycles. The van der Waals surface area contributed by atoms with Gasteiger partial charge in [-0.3, -0.25) is 10.1 Å². The number of nitrogens with zero attached hydrogens (tertiary/aromatic N) is 2. The number of nitro groups is 1. The molecule has 0 radical (unpaired) electrons. The van der Waals surface area contributed by atoms with Gasteiger partial charge in [0.1, 0.15) is 11.9 Å². The molecule has 0 heterocycles. The smallest absolute Gasteiger partial charge is 0.258 e. The van der Waals surface area contributed by atoms with Crippen molar-refractivity contribution in [1.82, 2.24) is 0 Å². The zero-order valence-corrected chi connectivity index (χ0v) is 10.4. The number of rotatable bonds is 3. The lowest BCUT2D eigenvalue weighted by atomic mass is 10.2. The third kappa shape index (κ3) is 2.89. The topological polar surface area (TPSA) is 66.9 Å². The average molecular weight is 274 g/mol. The molecule has 2 aromatic carbocycles. The molecule has 0 saturated carbocycles. The molecule has 0 bridgehead atoms. The third-order valence-electron chi connectivity index (χ3n) is 2.34. The van der Waals surface area contributed by atoms with Crippen LogP contribution in [0, 0.1) is 27.3 Å². The first-order valence-electron chi connectivity index (χ1n) is 5.22. The van der Waals surface area contributed by atoms with Gasteiger partial charge < -0.3 is 0 Å². The SMILES string of the molecule is N#Cc1cc(F)ccc1Sc1ccccc1[N+](=O)[O-]. The molecule has 0 atom stereocenters. The molecule has 6 heteroatoms. The van der Waals surface area contributed by atoms with Crippen molar-refractivity contribution in [2.45, 2.75) is 9.79 Å². The van der Waals surface area contributed by atoms with E-state index in [0.717, 1.165) is 17.8 Å². The van der Waals surface area contributed by atoms with Gasteiger partial charge in [-0.2, -0.15) is 5.26 Å². The number of hydrogen-bond donors (Lipinski definition) is 0. The molecular weight excluding hydrogens is 267 g/mol. The van der Waals surface area contributed by atoms with E-state index in [2.05, 4.69) is 0 Å². The van der Waals surface area contributed by atoms with Crippen molar-refractivity contribution in [2.24, 2.45) is 0 Å². The monoisotopic (exact) mass is 274 g/mol. The summed E-state index contributed by atoms with van der Waals surface area (Å²) in [5, 5.41) is 19.8. The summed E-state index contributed by atoms with van der Waals surface area (Å²) >= 11 is 1.07. The van der Waals surface area contributed by atoms with Crippen molar-refractivity contribution < 1.29 is 9.31 Å². The Hall–Kier alpha value is -2.39. The second-order valence-corrected chi connectivity index (χ2v) is 4.66. The van der Waals surface area contributed by atoms with Crippen molar-refractivity contribution >= 4 is 17.4 Å². The van der Waals surface area contributed by atoms with Crippen molar-refractivity contribution in [3.8, 4) is 6.07 Å². The van der Waals surface area contributed by atoms with Crippen LogP contribution < -0.4 is 0 Å². The van der Waals surface area contributed by atoms with Gasteiger partial charge in [0.05, 0.1) is 15.4 Å². The Kier molecular flexibility index (Phi) is 3.78. The Balaban J connectivity index is 2.43. The van der Waals surface area contributed by atoms with Gasteiger partial charge in [0.25, 0.3) is 5.69 Å². The van der Waals surface area contributed by atoms with Crippen molar-refractivity contribution in [3.05, 3.63) is 64.0 Å². The Morgan fingerprint density at radius 3 is 2.63 bits per heavy atom. The van der Waals surface area contributed by atoms with Gasteiger partial charge in [0.15, 0.2) is 0 Å². The molecule has 0 amide bonds. The highest BCUT2D eigenvalue weighted by atomic mass is 32.2. The minimum atomic E-state index is -0.511. The maximum absolute atomic E-state index is 13.0. The number of benzene rings is 2. The second kappa shape index (κ2) is 5.50. The van der Waals surface area contributed by atoms with Gasteiger partial charge >= 0.3 is 0 Å². The largest absolute Gasteiger partial charge is 0.283 e. The van der Waals surface area contributed by atoms with Crippen LogP contribution in [0.5, 0.6) is 0 Å². The summed E-state index contributed by atoms with van der Waals surface area (Å²) in [4.78, 5) is 11.3. The summed E-state index contributed by atoms with van der Waals surface area (Å²) in [6.07, 6.45) is 0. The number of hydrogen-bond acceptors (Lipinski definition) is 4. The van der Waals surface area contributed by atoms with Gasteiger partial charge in [-0.25, -0.2) is 4.39 Å². The van der Waals surface area contributed by atoms with Crippen molar-refractivity contribution in [1.29, 1.82) is 5.26 Å². The molecule has 2 rings (SSSR count). The van der Waals surface area contributed by atoms with Crippen LogP contribution in [0.1, 0.15) is 5.56 Å². The second-order valence-electron chi connectivity index (χ2n) is 3.58. The third-order valence-corrected chi connectivity index (χ3v) is 3.48. The van der Waals surface area contributed by atoms with Crippen LogP contribution >= 0.6 is 11.8 Å². The molecule has 0 saturated heterocycles. The lowest BCUT2D eigenvalue weighted by molar-refractivity contribution is -0.387. The molecule has 0 aliphatic carbocycles. The van der Waals surface area contributed by atoms with Crippen molar-refractivity contribution in [3.63, 3.8) is 0 Å².